The van der Waals surface area contributed by atoms with E-state index in [0.717, 1.165) is 39.0 Å². The van der Waals surface area contributed by atoms with Gasteiger partial charge in [0.05, 0.1) is 0 Å². The van der Waals surface area contributed by atoms with E-state index in [0.29, 0.717) is 0 Å². The van der Waals surface area contributed by atoms with Crippen molar-refractivity contribution < 1.29 is 4.42 Å². The largest absolute Gasteiger partial charge is 0.456 e. The van der Waals surface area contributed by atoms with Gasteiger partial charge in [0, 0.05) is 54.1 Å². The summed E-state index contributed by atoms with van der Waals surface area (Å²) < 4.78 is 8.91. The minimum atomic E-state index is 0.888. The fourth-order valence-corrected chi connectivity index (χ4v) is 7.56. The zero-order valence-corrected chi connectivity index (χ0v) is 24.0. The van der Waals surface area contributed by atoms with Crippen molar-refractivity contribution in [1.29, 1.82) is 0 Å². The van der Waals surface area contributed by atoms with Crippen molar-refractivity contribution in [2.45, 2.75) is 0 Å². The number of rotatable bonds is 4. The molecule has 0 unspecified atom stereocenters. The third-order valence-corrected chi connectivity index (χ3v) is 9.60. The molecule has 202 valence electrons. The van der Waals surface area contributed by atoms with Gasteiger partial charge in [0.2, 0.25) is 0 Å². The summed E-state index contributed by atoms with van der Waals surface area (Å²) in [5, 5.41) is 7.39. The van der Waals surface area contributed by atoms with Gasteiger partial charge < -0.3 is 9.32 Å². The molecule has 2 heterocycles. The number of benzene rings is 7. The smallest absolute Gasteiger partial charge is 0.137 e. The zero-order valence-electron chi connectivity index (χ0n) is 23.2. The number of hydrogen-bond donors (Lipinski definition) is 0. The summed E-state index contributed by atoms with van der Waals surface area (Å²) in [5.74, 6) is 0. The van der Waals surface area contributed by atoms with Crippen LogP contribution in [-0.2, 0) is 0 Å². The van der Waals surface area contributed by atoms with Gasteiger partial charge in [0.15, 0.2) is 0 Å². The van der Waals surface area contributed by atoms with Crippen LogP contribution in [0.3, 0.4) is 0 Å². The van der Waals surface area contributed by atoms with E-state index in [1.54, 1.807) is 0 Å². The van der Waals surface area contributed by atoms with Crippen LogP contribution in [-0.4, -0.2) is 0 Å². The first-order valence-electron chi connectivity index (χ1n) is 14.5. The first kappa shape index (κ1) is 24.2. The summed E-state index contributed by atoms with van der Waals surface area (Å²) in [5.41, 5.74) is 7.52. The van der Waals surface area contributed by atoms with Gasteiger partial charge in [-0.1, -0.05) is 97.1 Å². The molecule has 9 rings (SSSR count). The number of fused-ring (bicyclic) bond motifs is 7. The predicted octanol–water partition coefficient (Wildman–Crippen LogP) is 12.2. The normalized spacial score (nSPS) is 11.7. The molecule has 7 aromatic carbocycles. The Morgan fingerprint density at radius 1 is 0.419 bits per heavy atom. The molecule has 43 heavy (non-hydrogen) atoms. The van der Waals surface area contributed by atoms with E-state index in [1.165, 1.54) is 42.1 Å². The number of nitrogens with zero attached hydrogens (tertiary/aromatic N) is 1. The summed E-state index contributed by atoms with van der Waals surface area (Å²) in [6.45, 7) is 0. The van der Waals surface area contributed by atoms with Crippen LogP contribution in [0.2, 0.25) is 0 Å². The lowest BCUT2D eigenvalue weighted by Crippen LogP contribution is -2.09. The second-order valence-electron chi connectivity index (χ2n) is 11.0. The van der Waals surface area contributed by atoms with Crippen molar-refractivity contribution in [3.63, 3.8) is 0 Å². The topological polar surface area (TPSA) is 16.4 Å². The van der Waals surface area contributed by atoms with Crippen molar-refractivity contribution in [2.24, 2.45) is 0 Å². The van der Waals surface area contributed by atoms with Crippen molar-refractivity contribution in [2.75, 3.05) is 4.90 Å². The molecule has 0 aliphatic carbocycles. The predicted molar refractivity (Wildman–Crippen MR) is 184 cm³/mol. The lowest BCUT2D eigenvalue weighted by molar-refractivity contribution is 0.669. The molecule has 0 fully saturated rings. The van der Waals surface area contributed by atoms with Crippen LogP contribution in [0.4, 0.5) is 17.1 Å². The highest BCUT2D eigenvalue weighted by atomic mass is 32.1. The van der Waals surface area contributed by atoms with Crippen molar-refractivity contribution in [1.82, 2.24) is 0 Å². The zero-order chi connectivity index (χ0) is 28.3. The molecular formula is C40H25NOS. The van der Waals surface area contributed by atoms with E-state index in [1.807, 2.05) is 23.5 Å². The van der Waals surface area contributed by atoms with Crippen LogP contribution < -0.4 is 4.90 Å². The van der Waals surface area contributed by atoms with E-state index < -0.39 is 0 Å². The van der Waals surface area contributed by atoms with Crippen LogP contribution in [0.25, 0.3) is 64.0 Å². The molecule has 3 heteroatoms. The molecule has 0 saturated heterocycles. The Bertz CT molecular complexity index is 2350. The van der Waals surface area contributed by atoms with E-state index in [9.17, 15) is 0 Å². The third-order valence-electron chi connectivity index (χ3n) is 8.47. The molecule has 9 aromatic rings. The molecule has 2 nitrogen and oxygen atoms in total. The molecule has 0 aliphatic rings. The van der Waals surface area contributed by atoms with Gasteiger partial charge >= 0.3 is 0 Å². The van der Waals surface area contributed by atoms with Gasteiger partial charge in [-0.2, -0.15) is 0 Å². The lowest BCUT2D eigenvalue weighted by Gasteiger charge is -2.26. The molecule has 0 spiro atoms. The third kappa shape index (κ3) is 3.93. The van der Waals surface area contributed by atoms with E-state index >= 15 is 0 Å². The number of para-hydroxylation sites is 1. The Hall–Kier alpha value is -5.38. The van der Waals surface area contributed by atoms with Crippen LogP contribution in [0.15, 0.2) is 156 Å². The Morgan fingerprint density at radius 3 is 1.93 bits per heavy atom. The molecule has 2 aromatic heterocycles. The summed E-state index contributed by atoms with van der Waals surface area (Å²) >= 11 is 1.84. The summed E-state index contributed by atoms with van der Waals surface area (Å²) in [6, 6.07) is 54.3. The van der Waals surface area contributed by atoms with Gasteiger partial charge in [-0.25, -0.2) is 0 Å². The Morgan fingerprint density at radius 2 is 1.05 bits per heavy atom. The fourth-order valence-electron chi connectivity index (χ4n) is 6.42. The van der Waals surface area contributed by atoms with Crippen LogP contribution in [0.1, 0.15) is 0 Å². The highest BCUT2D eigenvalue weighted by Crippen LogP contribution is 2.42. The number of anilines is 3. The lowest BCUT2D eigenvalue weighted by atomic mass is 9.98. The van der Waals surface area contributed by atoms with Crippen molar-refractivity contribution >= 4 is 81.3 Å². The Labute approximate surface area is 252 Å². The summed E-state index contributed by atoms with van der Waals surface area (Å²) in [6.07, 6.45) is 0. The maximum absolute atomic E-state index is 6.32. The van der Waals surface area contributed by atoms with E-state index in [2.05, 4.69) is 144 Å². The van der Waals surface area contributed by atoms with E-state index in [-0.39, 0.29) is 0 Å². The first-order valence-corrected chi connectivity index (χ1v) is 15.3. The Balaban J connectivity index is 1.22. The number of furan rings is 1. The van der Waals surface area contributed by atoms with Gasteiger partial charge in [0.25, 0.3) is 0 Å². The van der Waals surface area contributed by atoms with Gasteiger partial charge in [-0.3, -0.25) is 0 Å². The quantitative estimate of drug-likeness (QED) is 0.210. The van der Waals surface area contributed by atoms with Crippen molar-refractivity contribution in [3.05, 3.63) is 152 Å². The number of hydrogen-bond acceptors (Lipinski definition) is 3. The average molecular weight is 568 g/mol. The molecular weight excluding hydrogens is 543 g/mol. The summed E-state index contributed by atoms with van der Waals surface area (Å²) in [7, 11) is 0. The monoisotopic (exact) mass is 567 g/mol. The van der Waals surface area contributed by atoms with Gasteiger partial charge in [-0.05, 0) is 70.4 Å². The highest BCUT2D eigenvalue weighted by Gasteiger charge is 2.17. The van der Waals surface area contributed by atoms with E-state index in [4.69, 9.17) is 4.42 Å². The molecule has 0 amide bonds. The summed E-state index contributed by atoms with van der Waals surface area (Å²) in [4.78, 5) is 2.34. The molecule has 0 saturated carbocycles. The molecule has 0 aliphatic heterocycles. The molecule has 0 N–H and O–H groups in total. The maximum Gasteiger partial charge on any atom is 0.137 e. The van der Waals surface area contributed by atoms with Gasteiger partial charge in [-0.15, -0.1) is 11.3 Å². The van der Waals surface area contributed by atoms with Crippen LogP contribution in [0, 0.1) is 0 Å². The van der Waals surface area contributed by atoms with Gasteiger partial charge in [0.1, 0.15) is 11.2 Å². The fraction of sp³-hybridized carbons (Fsp3) is 0. The maximum atomic E-state index is 6.32. The molecule has 0 atom stereocenters. The Kier molecular flexibility index (Phi) is 5.40. The highest BCUT2D eigenvalue weighted by molar-refractivity contribution is 7.25. The second-order valence-corrected chi connectivity index (χ2v) is 12.1. The van der Waals surface area contributed by atoms with Crippen LogP contribution >= 0.6 is 11.3 Å². The molecule has 0 bridgehead atoms. The number of thiophene rings is 1. The standard InChI is InChI=1S/C40H25NOS/c1-2-10-31-26(8-1)9-7-13-32(31)27-16-18-28(19-17-27)41(29-20-22-34-33-11-3-5-14-37(33)42-38(34)24-29)30-21-23-36-35-12-4-6-15-39(35)43-40(36)25-30/h1-25H. The SMILES string of the molecule is c1ccc2c(-c3ccc(N(c4ccc5c(c4)oc4ccccc45)c4ccc5c(c4)sc4ccccc45)cc3)cccc2c1. The average Bonchev–Trinajstić information content (AvgIpc) is 3.62. The van der Waals surface area contributed by atoms with Crippen LogP contribution in [0.5, 0.6) is 0 Å². The second kappa shape index (κ2) is 9.59. The minimum Gasteiger partial charge on any atom is -0.456 e. The van der Waals surface area contributed by atoms with Crippen molar-refractivity contribution in [3.8, 4) is 11.1 Å². The minimum absolute atomic E-state index is 0.888. The first-order chi connectivity index (χ1) is 21.3. The molecule has 0 radical (unpaired) electrons.